The van der Waals surface area contributed by atoms with Crippen molar-refractivity contribution in [1.82, 2.24) is 0 Å². The third kappa shape index (κ3) is 4.86. The fourth-order valence-corrected chi connectivity index (χ4v) is 4.79. The Morgan fingerprint density at radius 1 is 1.23 bits per heavy atom. The number of methoxy groups -OCH3 is 1. The fourth-order valence-electron chi connectivity index (χ4n) is 3.54. The first-order chi connectivity index (χ1) is 13.9. The minimum Gasteiger partial charge on any atom is -0.484 e. The van der Waals surface area contributed by atoms with E-state index in [4.69, 9.17) is 14.2 Å². The maximum Gasteiger partial charge on any atom is 0.332 e. The Kier molecular flexibility index (Phi) is 7.36. The zero-order chi connectivity index (χ0) is 22.8. The van der Waals surface area contributed by atoms with Crippen molar-refractivity contribution < 1.29 is 36.8 Å². The van der Waals surface area contributed by atoms with Crippen molar-refractivity contribution in [3.05, 3.63) is 23.8 Å². The molecular weight excluding hydrogens is 414 g/mol. The molecule has 0 spiro atoms. The van der Waals surface area contributed by atoms with Crippen LogP contribution in [0.1, 0.15) is 46.1 Å². The van der Waals surface area contributed by atoms with Gasteiger partial charge in [0, 0.05) is 6.92 Å². The molecule has 1 aromatic carbocycles. The normalized spacial score (nSPS) is 19.8. The van der Waals surface area contributed by atoms with Crippen LogP contribution in [-0.4, -0.2) is 56.1 Å². The lowest BCUT2D eigenvalue weighted by Gasteiger charge is -2.46. The van der Waals surface area contributed by atoms with Crippen LogP contribution in [0.5, 0.6) is 5.75 Å². The van der Waals surface area contributed by atoms with Gasteiger partial charge in [0.2, 0.25) is 0 Å². The number of carbonyl (C=O) groups is 2. The van der Waals surface area contributed by atoms with E-state index >= 15 is 0 Å². The van der Waals surface area contributed by atoms with E-state index in [-0.39, 0.29) is 11.8 Å². The SMILES string of the molecule is COC(=O)[C@H](COC(C)=O)N1c2cccc(C(C)C)c2O[C@@H](C(C)C)[C@@H]1S(=O)(=O)O. The average Bonchev–Trinajstić information content (AvgIpc) is 2.65. The summed E-state index contributed by atoms with van der Waals surface area (Å²) in [6.07, 6.45) is -0.989. The van der Waals surface area contributed by atoms with E-state index in [2.05, 4.69) is 0 Å². The molecule has 0 fully saturated rings. The van der Waals surface area contributed by atoms with Gasteiger partial charge in [-0.1, -0.05) is 39.8 Å². The van der Waals surface area contributed by atoms with Gasteiger partial charge in [0.1, 0.15) is 18.5 Å². The van der Waals surface area contributed by atoms with E-state index in [1.807, 2.05) is 19.9 Å². The van der Waals surface area contributed by atoms with Crippen LogP contribution in [-0.2, 0) is 29.2 Å². The molecule has 2 rings (SSSR count). The fraction of sp³-hybridized carbons (Fsp3) is 0.600. The summed E-state index contributed by atoms with van der Waals surface area (Å²) in [5.74, 6) is -1.32. The predicted octanol–water partition coefficient (Wildman–Crippen LogP) is 2.35. The molecule has 1 aliphatic heterocycles. The van der Waals surface area contributed by atoms with Crippen LogP contribution in [0.4, 0.5) is 5.69 Å². The molecule has 0 aromatic heterocycles. The van der Waals surface area contributed by atoms with E-state index in [1.165, 1.54) is 11.8 Å². The maximum absolute atomic E-state index is 12.6. The number of ether oxygens (including phenoxy) is 3. The number of rotatable bonds is 7. The zero-order valence-electron chi connectivity index (χ0n) is 18.0. The quantitative estimate of drug-likeness (QED) is 0.500. The number of fused-ring (bicyclic) bond motifs is 1. The van der Waals surface area contributed by atoms with Gasteiger partial charge < -0.3 is 19.1 Å². The highest BCUT2D eigenvalue weighted by molar-refractivity contribution is 7.86. The van der Waals surface area contributed by atoms with E-state index in [0.29, 0.717) is 11.4 Å². The lowest BCUT2D eigenvalue weighted by atomic mass is 9.96. The van der Waals surface area contributed by atoms with E-state index in [1.54, 1.807) is 26.0 Å². The molecule has 10 heteroatoms. The summed E-state index contributed by atoms with van der Waals surface area (Å²) in [5.41, 5.74) is 1.11. The van der Waals surface area contributed by atoms with Gasteiger partial charge in [-0.3, -0.25) is 9.35 Å². The Morgan fingerprint density at radius 2 is 1.87 bits per heavy atom. The molecule has 0 unspecified atom stereocenters. The molecule has 168 valence electrons. The summed E-state index contributed by atoms with van der Waals surface area (Å²) in [6, 6.07) is 3.85. The largest absolute Gasteiger partial charge is 0.484 e. The van der Waals surface area contributed by atoms with Gasteiger partial charge in [-0.25, -0.2) is 4.79 Å². The van der Waals surface area contributed by atoms with Gasteiger partial charge in [-0.05, 0) is 23.5 Å². The second-order valence-corrected chi connectivity index (χ2v) is 9.34. The average molecular weight is 444 g/mol. The summed E-state index contributed by atoms with van der Waals surface area (Å²) in [4.78, 5) is 25.3. The topological polar surface area (TPSA) is 119 Å². The number of hydrogen-bond acceptors (Lipinski definition) is 8. The molecule has 1 N–H and O–H groups in total. The minimum absolute atomic E-state index is 0.0435. The van der Waals surface area contributed by atoms with E-state index in [0.717, 1.165) is 12.7 Å². The number of para-hydroxylation sites is 1. The molecule has 1 heterocycles. The molecule has 0 saturated heterocycles. The minimum atomic E-state index is -4.72. The monoisotopic (exact) mass is 443 g/mol. The Hall–Kier alpha value is -2.33. The lowest BCUT2D eigenvalue weighted by molar-refractivity contribution is -0.148. The zero-order valence-corrected chi connectivity index (χ0v) is 18.8. The molecule has 1 aliphatic rings. The molecule has 3 atom stereocenters. The van der Waals surface area contributed by atoms with Gasteiger partial charge in [0.05, 0.1) is 12.8 Å². The van der Waals surface area contributed by atoms with Crippen LogP contribution >= 0.6 is 0 Å². The van der Waals surface area contributed by atoms with Crippen LogP contribution in [0.3, 0.4) is 0 Å². The van der Waals surface area contributed by atoms with E-state index < -0.39 is 46.2 Å². The summed E-state index contributed by atoms with van der Waals surface area (Å²) in [5, 5.41) is -1.60. The number of carbonyl (C=O) groups excluding carboxylic acids is 2. The van der Waals surface area contributed by atoms with Crippen LogP contribution < -0.4 is 9.64 Å². The first kappa shape index (κ1) is 23.9. The highest BCUT2D eigenvalue weighted by atomic mass is 32.2. The van der Waals surface area contributed by atoms with Gasteiger partial charge in [0.25, 0.3) is 10.1 Å². The van der Waals surface area contributed by atoms with Crippen molar-refractivity contribution in [2.75, 3.05) is 18.6 Å². The smallest absolute Gasteiger partial charge is 0.332 e. The van der Waals surface area contributed by atoms with Crippen LogP contribution in [0.25, 0.3) is 0 Å². The highest BCUT2D eigenvalue weighted by Gasteiger charge is 2.50. The van der Waals surface area contributed by atoms with Crippen molar-refractivity contribution in [3.63, 3.8) is 0 Å². The first-order valence-electron chi connectivity index (χ1n) is 9.65. The van der Waals surface area contributed by atoms with Gasteiger partial charge in [-0.15, -0.1) is 0 Å². The molecular formula is C20H29NO8S. The third-order valence-corrected chi connectivity index (χ3v) is 6.06. The number of benzene rings is 1. The summed E-state index contributed by atoms with van der Waals surface area (Å²) < 4.78 is 51.0. The Balaban J connectivity index is 2.79. The Morgan fingerprint density at radius 3 is 2.33 bits per heavy atom. The molecule has 0 amide bonds. The molecule has 1 aromatic rings. The number of nitrogens with zero attached hydrogens (tertiary/aromatic N) is 1. The predicted molar refractivity (Wildman–Crippen MR) is 110 cm³/mol. The van der Waals surface area contributed by atoms with E-state index in [9.17, 15) is 22.6 Å². The van der Waals surface area contributed by atoms with Crippen molar-refractivity contribution >= 4 is 27.7 Å². The molecule has 30 heavy (non-hydrogen) atoms. The van der Waals surface area contributed by atoms with Crippen LogP contribution in [0, 0.1) is 5.92 Å². The van der Waals surface area contributed by atoms with Gasteiger partial charge >= 0.3 is 11.9 Å². The molecule has 0 radical (unpaired) electrons. The molecule has 0 saturated carbocycles. The summed E-state index contributed by atoms with van der Waals surface area (Å²) in [7, 11) is -3.57. The Labute approximate surface area is 177 Å². The molecule has 9 nitrogen and oxygen atoms in total. The molecule has 0 bridgehead atoms. The first-order valence-corrected chi connectivity index (χ1v) is 11.2. The summed E-state index contributed by atoms with van der Waals surface area (Å²) in [6.45, 7) is 8.14. The second-order valence-electron chi connectivity index (χ2n) is 7.83. The van der Waals surface area contributed by atoms with Crippen molar-refractivity contribution in [3.8, 4) is 5.75 Å². The number of hydrogen-bond donors (Lipinski definition) is 1. The third-order valence-electron chi connectivity index (χ3n) is 4.95. The standard InChI is InChI=1S/C20H29NO8S/c1-11(2)14-8-7-9-15-18(14)29-17(12(3)4)19(30(24,25)26)21(15)16(20(23)27-6)10-28-13(5)22/h7-9,11-12,16-17,19H,10H2,1-6H3,(H,24,25,26)/t16-,17-,19-/m0/s1. The van der Waals surface area contributed by atoms with Crippen LogP contribution in [0.15, 0.2) is 18.2 Å². The van der Waals surface area contributed by atoms with Gasteiger partial charge in [0.15, 0.2) is 11.4 Å². The molecule has 0 aliphatic carbocycles. The highest BCUT2D eigenvalue weighted by Crippen LogP contribution is 2.45. The van der Waals surface area contributed by atoms with Crippen LogP contribution in [0.2, 0.25) is 0 Å². The number of esters is 2. The lowest BCUT2D eigenvalue weighted by Crippen LogP contribution is -2.62. The summed E-state index contributed by atoms with van der Waals surface area (Å²) >= 11 is 0. The van der Waals surface area contributed by atoms with Crippen molar-refractivity contribution in [2.24, 2.45) is 5.92 Å². The number of anilines is 1. The van der Waals surface area contributed by atoms with Crippen molar-refractivity contribution in [2.45, 2.75) is 58.1 Å². The maximum atomic E-state index is 12.6. The Bertz CT molecular complexity index is 896. The van der Waals surface area contributed by atoms with Crippen molar-refractivity contribution in [1.29, 1.82) is 0 Å². The second kappa shape index (κ2) is 9.22. The van der Waals surface area contributed by atoms with Gasteiger partial charge in [-0.2, -0.15) is 8.42 Å².